The quantitative estimate of drug-likeness (QED) is 0.267. The van der Waals surface area contributed by atoms with Gasteiger partial charge in [0.05, 0.1) is 42.7 Å². The Morgan fingerprint density at radius 1 is 0.932 bits per heavy atom. The number of hydrogen-bond donors (Lipinski definition) is 1. The number of para-hydroxylation sites is 2. The summed E-state index contributed by atoms with van der Waals surface area (Å²) in [6.45, 7) is 0.770. The van der Waals surface area contributed by atoms with Crippen molar-refractivity contribution >= 4 is 28.6 Å². The van der Waals surface area contributed by atoms with Gasteiger partial charge in [-0.25, -0.2) is 19.4 Å². The highest BCUT2D eigenvalue weighted by Crippen LogP contribution is 2.33. The van der Waals surface area contributed by atoms with Crippen LogP contribution in [0.15, 0.2) is 84.9 Å². The van der Waals surface area contributed by atoms with Crippen LogP contribution in [0.1, 0.15) is 27.6 Å². The van der Waals surface area contributed by atoms with Crippen molar-refractivity contribution in [1.82, 2.24) is 30.1 Å². The molecular weight excluding hydrogens is 575 g/mol. The number of anilines is 1. The van der Waals surface area contributed by atoms with Gasteiger partial charge in [0.1, 0.15) is 5.82 Å². The average Bonchev–Trinajstić information content (AvgIpc) is 3.48. The first-order chi connectivity index (χ1) is 21.2. The Morgan fingerprint density at radius 3 is 2.32 bits per heavy atom. The molecule has 0 aliphatic carbocycles. The zero-order chi connectivity index (χ0) is 30.8. The molecule has 2 amide bonds. The number of fused-ring (bicyclic) bond motifs is 2. The predicted octanol–water partition coefficient (Wildman–Crippen LogP) is 5.45. The SMILES string of the molecule is COC(=O)N(NC(=O)c1c(CN2CCn3nc(C(F)(F)F)nc3C2)c(-c2ccccc2)nc2ccccc12)c1ccccc1. The van der Waals surface area contributed by atoms with E-state index in [1.807, 2.05) is 41.3 Å². The van der Waals surface area contributed by atoms with Gasteiger partial charge in [-0.3, -0.25) is 15.1 Å². The first kappa shape index (κ1) is 28.8. The van der Waals surface area contributed by atoms with Crippen LogP contribution in [-0.2, 0) is 30.5 Å². The Bertz CT molecular complexity index is 1830. The van der Waals surface area contributed by atoms with E-state index in [4.69, 9.17) is 9.72 Å². The normalized spacial score (nSPS) is 13.4. The molecule has 0 bridgehead atoms. The minimum atomic E-state index is -4.66. The van der Waals surface area contributed by atoms with Crippen LogP contribution >= 0.6 is 0 Å². The molecule has 224 valence electrons. The molecule has 1 aliphatic heterocycles. The van der Waals surface area contributed by atoms with Crippen molar-refractivity contribution in [2.24, 2.45) is 0 Å². The molecule has 0 saturated heterocycles. The van der Waals surface area contributed by atoms with E-state index in [2.05, 4.69) is 15.5 Å². The van der Waals surface area contributed by atoms with Crippen molar-refractivity contribution in [3.63, 3.8) is 0 Å². The van der Waals surface area contributed by atoms with Gasteiger partial charge in [0.2, 0.25) is 0 Å². The number of methoxy groups -OCH3 is 1. The van der Waals surface area contributed by atoms with Gasteiger partial charge in [-0.15, -0.1) is 5.10 Å². The van der Waals surface area contributed by atoms with Gasteiger partial charge >= 0.3 is 12.3 Å². The highest BCUT2D eigenvalue weighted by molar-refractivity contribution is 6.10. The molecule has 3 heterocycles. The van der Waals surface area contributed by atoms with Crippen LogP contribution in [-0.4, -0.2) is 50.3 Å². The number of rotatable bonds is 5. The second-order valence-corrected chi connectivity index (χ2v) is 10.1. The molecule has 0 atom stereocenters. The number of nitrogens with one attached hydrogen (secondary N) is 1. The molecule has 13 heteroatoms. The molecule has 0 spiro atoms. The summed E-state index contributed by atoms with van der Waals surface area (Å²) in [6.07, 6.45) is -5.46. The zero-order valence-corrected chi connectivity index (χ0v) is 23.5. The molecule has 0 radical (unpaired) electrons. The number of halogens is 3. The maximum Gasteiger partial charge on any atom is 0.453 e. The molecule has 10 nitrogen and oxygen atoms in total. The first-order valence-corrected chi connectivity index (χ1v) is 13.7. The van der Waals surface area contributed by atoms with Crippen LogP contribution in [0.25, 0.3) is 22.2 Å². The second-order valence-electron chi connectivity index (χ2n) is 10.1. The molecule has 3 aromatic carbocycles. The lowest BCUT2D eigenvalue weighted by Gasteiger charge is -2.29. The Kier molecular flexibility index (Phi) is 7.70. The van der Waals surface area contributed by atoms with Crippen molar-refractivity contribution in [2.75, 3.05) is 18.7 Å². The van der Waals surface area contributed by atoms with Gasteiger partial charge < -0.3 is 4.74 Å². The van der Waals surface area contributed by atoms with E-state index in [1.165, 1.54) is 11.8 Å². The summed E-state index contributed by atoms with van der Waals surface area (Å²) in [4.78, 5) is 37.6. The highest BCUT2D eigenvalue weighted by Gasteiger charge is 2.38. The van der Waals surface area contributed by atoms with Crippen LogP contribution in [0.4, 0.5) is 23.7 Å². The number of hydrazine groups is 1. The number of nitrogens with zero attached hydrogens (tertiary/aromatic N) is 6. The molecule has 2 aromatic heterocycles. The molecule has 1 N–H and O–H groups in total. The van der Waals surface area contributed by atoms with Gasteiger partial charge in [-0.2, -0.15) is 18.2 Å². The van der Waals surface area contributed by atoms with Crippen molar-refractivity contribution in [2.45, 2.75) is 25.8 Å². The van der Waals surface area contributed by atoms with Crippen LogP contribution in [0.3, 0.4) is 0 Å². The number of carbonyl (C=O) groups excluding carboxylic acids is 2. The number of pyridine rings is 1. The topological polar surface area (TPSA) is 105 Å². The number of amides is 2. The number of aromatic nitrogens is 4. The van der Waals surface area contributed by atoms with Gasteiger partial charge in [-0.1, -0.05) is 66.7 Å². The zero-order valence-electron chi connectivity index (χ0n) is 23.5. The lowest BCUT2D eigenvalue weighted by Crippen LogP contribution is -2.47. The number of benzene rings is 3. The monoisotopic (exact) mass is 601 g/mol. The summed E-state index contributed by atoms with van der Waals surface area (Å²) in [7, 11) is 1.21. The van der Waals surface area contributed by atoms with Crippen LogP contribution in [0.5, 0.6) is 0 Å². The van der Waals surface area contributed by atoms with E-state index in [-0.39, 0.29) is 31.0 Å². The molecule has 44 heavy (non-hydrogen) atoms. The van der Waals surface area contributed by atoms with Gasteiger partial charge in [0.15, 0.2) is 0 Å². The number of carbonyl (C=O) groups is 2. The van der Waals surface area contributed by atoms with Crippen LogP contribution < -0.4 is 10.4 Å². The van der Waals surface area contributed by atoms with Crippen molar-refractivity contribution < 1.29 is 27.5 Å². The van der Waals surface area contributed by atoms with Crippen molar-refractivity contribution in [3.05, 3.63) is 108 Å². The minimum Gasteiger partial charge on any atom is -0.451 e. The van der Waals surface area contributed by atoms with Crippen LogP contribution in [0.2, 0.25) is 0 Å². The number of alkyl halides is 3. The largest absolute Gasteiger partial charge is 0.453 e. The van der Waals surface area contributed by atoms with E-state index in [1.54, 1.807) is 48.5 Å². The van der Waals surface area contributed by atoms with Gasteiger partial charge in [-0.05, 0) is 18.2 Å². The molecule has 5 aromatic rings. The standard InChI is InChI=1S/C31H26F3N7O3/c1-44-30(43)41(21-12-6-3-7-13-21)37-28(42)26-22-14-8-9-15-24(22)35-27(20-10-4-2-5-11-20)23(26)18-39-16-17-40-25(19-39)36-29(38-40)31(32,33)34/h2-15H,16-19H2,1H3,(H,37,42). The third kappa shape index (κ3) is 5.69. The van der Waals surface area contributed by atoms with E-state index in [0.717, 1.165) is 10.6 Å². The number of hydrogen-bond acceptors (Lipinski definition) is 7. The van der Waals surface area contributed by atoms with E-state index in [0.29, 0.717) is 34.4 Å². The maximum atomic E-state index is 14.3. The first-order valence-electron chi connectivity index (χ1n) is 13.7. The lowest BCUT2D eigenvalue weighted by molar-refractivity contribution is -0.145. The molecule has 0 unspecified atom stereocenters. The Morgan fingerprint density at radius 2 is 1.61 bits per heavy atom. The fourth-order valence-electron chi connectivity index (χ4n) is 5.21. The summed E-state index contributed by atoms with van der Waals surface area (Å²) >= 11 is 0. The fraction of sp³-hybridized carbons (Fsp3) is 0.194. The van der Waals surface area contributed by atoms with E-state index >= 15 is 0 Å². The number of ether oxygens (including phenoxy) is 1. The summed E-state index contributed by atoms with van der Waals surface area (Å²) in [5.74, 6) is -1.61. The third-order valence-electron chi connectivity index (χ3n) is 7.23. The van der Waals surface area contributed by atoms with E-state index < -0.39 is 24.0 Å². The summed E-state index contributed by atoms with van der Waals surface area (Å²) in [5.41, 5.74) is 5.72. The van der Waals surface area contributed by atoms with Gasteiger partial charge in [0, 0.05) is 29.6 Å². The fourth-order valence-corrected chi connectivity index (χ4v) is 5.21. The average molecular weight is 602 g/mol. The molecule has 6 rings (SSSR count). The molecule has 0 saturated carbocycles. The Balaban J connectivity index is 1.46. The smallest absolute Gasteiger partial charge is 0.451 e. The summed E-state index contributed by atoms with van der Waals surface area (Å²) in [5, 5.41) is 5.19. The summed E-state index contributed by atoms with van der Waals surface area (Å²) < 4.78 is 46.2. The van der Waals surface area contributed by atoms with Crippen LogP contribution in [0, 0.1) is 0 Å². The minimum absolute atomic E-state index is 0.0729. The molecular formula is C31H26F3N7O3. The van der Waals surface area contributed by atoms with Gasteiger partial charge in [0.25, 0.3) is 11.7 Å². The van der Waals surface area contributed by atoms with E-state index in [9.17, 15) is 22.8 Å². The third-order valence-corrected chi connectivity index (χ3v) is 7.23. The Labute approximate surface area is 249 Å². The van der Waals surface area contributed by atoms with Crippen molar-refractivity contribution in [3.8, 4) is 11.3 Å². The highest BCUT2D eigenvalue weighted by atomic mass is 19.4. The summed E-state index contributed by atoms with van der Waals surface area (Å²) in [6, 6.07) is 25.0. The lowest BCUT2D eigenvalue weighted by atomic mass is 9.95. The Hall–Kier alpha value is -5.30. The molecule has 1 aliphatic rings. The molecule has 0 fully saturated rings. The maximum absolute atomic E-state index is 14.3. The van der Waals surface area contributed by atoms with Crippen molar-refractivity contribution in [1.29, 1.82) is 0 Å². The second kappa shape index (κ2) is 11.8. The predicted molar refractivity (Wildman–Crippen MR) is 155 cm³/mol.